The average molecular weight is 421 g/mol. The van der Waals surface area contributed by atoms with Gasteiger partial charge in [0.05, 0.1) is 18.8 Å². The van der Waals surface area contributed by atoms with Crippen molar-refractivity contribution in [3.8, 4) is 5.75 Å². The van der Waals surface area contributed by atoms with E-state index in [9.17, 15) is 13.2 Å². The van der Waals surface area contributed by atoms with Gasteiger partial charge in [-0.05, 0) is 24.1 Å². The molecule has 2 aliphatic heterocycles. The second kappa shape index (κ2) is 7.42. The quantitative estimate of drug-likeness (QED) is 0.673. The Kier molecular flexibility index (Phi) is 5.07. The molecule has 10 heteroatoms. The van der Waals surface area contributed by atoms with Crippen molar-refractivity contribution in [1.82, 2.24) is 15.0 Å². The molecule has 0 aliphatic carbocycles. The molecule has 3 heterocycles. The molecule has 2 aromatic rings. The summed E-state index contributed by atoms with van der Waals surface area (Å²) >= 11 is 0. The number of aromatic nitrogens is 2. The number of rotatable bonds is 6. The Morgan fingerprint density at radius 2 is 2.00 bits per heavy atom. The molecule has 1 aromatic carbocycles. The van der Waals surface area contributed by atoms with Gasteiger partial charge in [0.1, 0.15) is 17.1 Å². The second-order valence-corrected chi connectivity index (χ2v) is 9.93. The number of likely N-dealkylation sites (tertiary alicyclic amines) is 1. The molecule has 9 nitrogen and oxygen atoms in total. The lowest BCUT2D eigenvalue weighted by Gasteiger charge is -2.48. The van der Waals surface area contributed by atoms with Gasteiger partial charge in [-0.15, -0.1) is 0 Å². The van der Waals surface area contributed by atoms with Gasteiger partial charge in [0.25, 0.3) is 0 Å². The van der Waals surface area contributed by atoms with Gasteiger partial charge in [0.2, 0.25) is 11.8 Å². The van der Waals surface area contributed by atoms with Crippen LogP contribution in [0.15, 0.2) is 28.8 Å². The van der Waals surface area contributed by atoms with Crippen molar-refractivity contribution in [2.45, 2.75) is 23.5 Å². The van der Waals surface area contributed by atoms with E-state index in [1.54, 1.807) is 7.11 Å². The van der Waals surface area contributed by atoms with E-state index in [1.807, 2.05) is 24.3 Å². The van der Waals surface area contributed by atoms with Crippen LogP contribution in [0.5, 0.6) is 5.75 Å². The highest BCUT2D eigenvalue weighted by atomic mass is 32.2. The molecule has 0 bridgehead atoms. The van der Waals surface area contributed by atoms with Crippen LogP contribution in [0.4, 0.5) is 0 Å². The van der Waals surface area contributed by atoms with Crippen molar-refractivity contribution in [3.63, 3.8) is 0 Å². The molecule has 1 unspecified atom stereocenters. The third kappa shape index (κ3) is 3.40. The Bertz CT molecular complexity index is 995. The van der Waals surface area contributed by atoms with E-state index in [-0.39, 0.29) is 31.4 Å². The van der Waals surface area contributed by atoms with Crippen LogP contribution >= 0.6 is 0 Å². The molecule has 156 valence electrons. The van der Waals surface area contributed by atoms with Crippen molar-refractivity contribution in [2.24, 2.45) is 0 Å². The highest BCUT2D eigenvalue weighted by Crippen LogP contribution is 2.49. The third-order valence-electron chi connectivity index (χ3n) is 5.77. The highest BCUT2D eigenvalue weighted by Gasteiger charge is 2.64. The molecule has 0 radical (unpaired) electrons. The van der Waals surface area contributed by atoms with Crippen molar-refractivity contribution in [3.05, 3.63) is 41.5 Å². The van der Waals surface area contributed by atoms with E-state index in [0.717, 1.165) is 11.3 Å². The smallest absolute Gasteiger partial charge is 0.248 e. The van der Waals surface area contributed by atoms with Gasteiger partial charge >= 0.3 is 0 Å². The SMILES string of the molecule is COCC(=O)N1CC2(C1)C(c1nc(Cc3ccc(OC)cc3)no1)CCS2(=O)=O. The number of hydrogen-bond acceptors (Lipinski definition) is 8. The number of amides is 1. The number of ether oxygens (including phenoxy) is 2. The van der Waals surface area contributed by atoms with Crippen LogP contribution in [-0.4, -0.2) is 73.8 Å². The lowest BCUT2D eigenvalue weighted by Crippen LogP contribution is -2.68. The lowest BCUT2D eigenvalue weighted by atomic mass is 9.83. The van der Waals surface area contributed by atoms with Gasteiger partial charge in [-0.3, -0.25) is 4.79 Å². The first kappa shape index (κ1) is 19.8. The van der Waals surface area contributed by atoms with Gasteiger partial charge < -0.3 is 18.9 Å². The minimum absolute atomic E-state index is 0.0557. The fourth-order valence-corrected chi connectivity index (χ4v) is 6.43. The summed E-state index contributed by atoms with van der Waals surface area (Å²) in [6, 6.07) is 7.55. The Hall–Kier alpha value is -2.46. The largest absolute Gasteiger partial charge is 0.497 e. The summed E-state index contributed by atoms with van der Waals surface area (Å²) in [6.45, 7) is 0.212. The molecule has 4 rings (SSSR count). The van der Waals surface area contributed by atoms with E-state index < -0.39 is 20.5 Å². The first-order valence-electron chi connectivity index (χ1n) is 9.33. The summed E-state index contributed by atoms with van der Waals surface area (Å²) in [5.74, 6) is 1.02. The van der Waals surface area contributed by atoms with Crippen molar-refractivity contribution >= 4 is 15.7 Å². The Balaban J connectivity index is 1.51. The van der Waals surface area contributed by atoms with Crippen LogP contribution in [-0.2, 0) is 25.8 Å². The highest BCUT2D eigenvalue weighted by molar-refractivity contribution is 7.93. The zero-order valence-electron chi connectivity index (χ0n) is 16.3. The first-order chi connectivity index (χ1) is 13.9. The molecule has 0 saturated carbocycles. The van der Waals surface area contributed by atoms with Crippen LogP contribution < -0.4 is 4.74 Å². The molecule has 1 atom stereocenters. The molecule has 2 aliphatic rings. The van der Waals surface area contributed by atoms with E-state index in [4.69, 9.17) is 14.0 Å². The Labute approximate surface area is 168 Å². The van der Waals surface area contributed by atoms with Crippen LogP contribution in [0.3, 0.4) is 0 Å². The normalized spacial score (nSPS) is 21.9. The maximum atomic E-state index is 12.8. The van der Waals surface area contributed by atoms with Crippen LogP contribution in [0.25, 0.3) is 0 Å². The first-order valence-corrected chi connectivity index (χ1v) is 11.0. The number of carbonyl (C=O) groups excluding carboxylic acids is 1. The zero-order valence-corrected chi connectivity index (χ0v) is 17.1. The third-order valence-corrected chi connectivity index (χ3v) is 8.33. The maximum Gasteiger partial charge on any atom is 0.248 e. The molecule has 1 aromatic heterocycles. The van der Waals surface area contributed by atoms with Crippen LogP contribution in [0.2, 0.25) is 0 Å². The molecule has 29 heavy (non-hydrogen) atoms. The van der Waals surface area contributed by atoms with E-state index in [1.165, 1.54) is 12.0 Å². The molecular weight excluding hydrogens is 398 g/mol. The average Bonchev–Trinajstić information content (AvgIpc) is 3.22. The van der Waals surface area contributed by atoms with Crippen molar-refractivity contribution in [2.75, 3.05) is 39.7 Å². The summed E-state index contributed by atoms with van der Waals surface area (Å²) in [6.07, 6.45) is 0.886. The number of sulfone groups is 1. The number of hydrogen-bond donors (Lipinski definition) is 0. The fraction of sp³-hybridized carbons (Fsp3) is 0.526. The standard InChI is InChI=1S/C19H23N3O6S/c1-26-10-17(23)22-11-19(12-22)15(7-8-29(19,24)25)18-20-16(21-28-18)9-13-3-5-14(27-2)6-4-13/h3-6,15H,7-12H2,1-2H3. The molecular formula is C19H23N3O6S. The van der Waals surface area contributed by atoms with Gasteiger partial charge in [-0.25, -0.2) is 8.42 Å². The topological polar surface area (TPSA) is 112 Å². The van der Waals surface area contributed by atoms with E-state index >= 15 is 0 Å². The Morgan fingerprint density at radius 3 is 2.66 bits per heavy atom. The summed E-state index contributed by atoms with van der Waals surface area (Å²) < 4.78 is 39.9. The predicted octanol–water partition coefficient (Wildman–Crippen LogP) is 0.798. The van der Waals surface area contributed by atoms with Crippen LogP contribution in [0, 0.1) is 0 Å². The number of nitrogens with zero attached hydrogens (tertiary/aromatic N) is 3. The minimum atomic E-state index is -3.36. The maximum absolute atomic E-state index is 12.8. The molecule has 2 saturated heterocycles. The van der Waals surface area contributed by atoms with Crippen molar-refractivity contribution in [1.29, 1.82) is 0 Å². The Morgan fingerprint density at radius 1 is 1.28 bits per heavy atom. The van der Waals surface area contributed by atoms with Gasteiger partial charge in [0.15, 0.2) is 15.7 Å². The summed E-state index contributed by atoms with van der Waals surface area (Å²) in [4.78, 5) is 18.0. The van der Waals surface area contributed by atoms with Gasteiger partial charge in [0, 0.05) is 26.6 Å². The summed E-state index contributed by atoms with van der Waals surface area (Å²) in [5.41, 5.74) is 0.992. The summed E-state index contributed by atoms with van der Waals surface area (Å²) in [5, 5.41) is 4.04. The van der Waals surface area contributed by atoms with Gasteiger partial charge in [-0.1, -0.05) is 17.3 Å². The molecule has 2 fully saturated rings. The molecule has 1 amide bonds. The fourth-order valence-electron chi connectivity index (χ4n) is 4.12. The zero-order chi connectivity index (χ0) is 20.6. The van der Waals surface area contributed by atoms with Gasteiger partial charge in [-0.2, -0.15) is 4.98 Å². The summed E-state index contributed by atoms with van der Waals surface area (Å²) in [7, 11) is -0.319. The molecule has 1 spiro atoms. The monoisotopic (exact) mass is 421 g/mol. The van der Waals surface area contributed by atoms with Crippen LogP contribution in [0.1, 0.15) is 29.6 Å². The van der Waals surface area contributed by atoms with Crippen molar-refractivity contribution < 1.29 is 27.2 Å². The molecule has 0 N–H and O–H groups in total. The second-order valence-electron chi connectivity index (χ2n) is 7.48. The van der Waals surface area contributed by atoms with E-state index in [2.05, 4.69) is 10.1 Å². The minimum Gasteiger partial charge on any atom is -0.497 e. The predicted molar refractivity (Wildman–Crippen MR) is 102 cm³/mol. The number of carbonyl (C=O) groups is 1. The lowest BCUT2D eigenvalue weighted by molar-refractivity contribution is -0.140. The van der Waals surface area contributed by atoms with E-state index in [0.29, 0.717) is 24.6 Å². The number of benzene rings is 1. The number of methoxy groups -OCH3 is 2.